The monoisotopic (exact) mass is 480 g/mol. The highest BCUT2D eigenvalue weighted by molar-refractivity contribution is 6.02. The fourth-order valence-electron chi connectivity index (χ4n) is 5.02. The fourth-order valence-corrected chi connectivity index (χ4v) is 5.02. The summed E-state index contributed by atoms with van der Waals surface area (Å²) in [5.74, 6) is 1.97. The number of allylic oxidation sites excluding steroid dienone is 1. The molecule has 1 aromatic heterocycles. The van der Waals surface area contributed by atoms with Gasteiger partial charge in [0.05, 0.1) is 0 Å². The number of carbonyl (C=O) groups excluding carboxylic acids is 1. The molecule has 6 rings (SSSR count). The summed E-state index contributed by atoms with van der Waals surface area (Å²) >= 11 is 0. The number of ether oxygens (including phenoxy) is 1. The van der Waals surface area contributed by atoms with Gasteiger partial charge in [-0.2, -0.15) is 4.98 Å². The Morgan fingerprint density at radius 1 is 1.14 bits per heavy atom. The van der Waals surface area contributed by atoms with Crippen molar-refractivity contribution in [3.05, 3.63) is 84.2 Å². The molecule has 0 spiro atoms. The van der Waals surface area contributed by atoms with Gasteiger partial charge in [-0.15, -0.1) is 0 Å². The Hall–Kier alpha value is -4.17. The van der Waals surface area contributed by atoms with Crippen LogP contribution in [0.5, 0.6) is 5.75 Å². The quantitative estimate of drug-likeness (QED) is 0.573. The Bertz CT molecular complexity index is 1350. The molecule has 0 radical (unpaired) electrons. The second-order valence-electron chi connectivity index (χ2n) is 9.30. The third-order valence-electron chi connectivity index (χ3n) is 6.91. The molecule has 1 saturated heterocycles. The Morgan fingerprint density at radius 2 is 1.97 bits per heavy atom. The second kappa shape index (κ2) is 9.13. The van der Waals surface area contributed by atoms with Gasteiger partial charge in [0.25, 0.3) is 0 Å². The smallest absolute Gasteiger partial charge is 0.250 e. The molecule has 3 aliphatic heterocycles. The van der Waals surface area contributed by atoms with Crippen molar-refractivity contribution in [3.63, 3.8) is 0 Å². The molecule has 182 valence electrons. The van der Waals surface area contributed by atoms with Crippen molar-refractivity contribution in [2.24, 2.45) is 0 Å². The number of benzene rings is 2. The van der Waals surface area contributed by atoms with Crippen LogP contribution in [-0.2, 0) is 11.2 Å². The van der Waals surface area contributed by atoms with Gasteiger partial charge in [-0.05, 0) is 61.0 Å². The predicted molar refractivity (Wildman–Crippen MR) is 142 cm³/mol. The third kappa shape index (κ3) is 4.09. The van der Waals surface area contributed by atoms with Crippen molar-refractivity contribution in [2.75, 3.05) is 35.3 Å². The predicted octanol–water partition coefficient (Wildman–Crippen LogP) is 3.90. The van der Waals surface area contributed by atoms with E-state index >= 15 is 0 Å². The van der Waals surface area contributed by atoms with E-state index in [-0.39, 0.29) is 12.0 Å². The Morgan fingerprint density at radius 3 is 2.78 bits per heavy atom. The zero-order valence-electron chi connectivity index (χ0n) is 20.1. The summed E-state index contributed by atoms with van der Waals surface area (Å²) in [5, 5.41) is 6.59. The lowest BCUT2D eigenvalue weighted by Gasteiger charge is -2.40. The van der Waals surface area contributed by atoms with Gasteiger partial charge in [-0.1, -0.05) is 24.8 Å². The summed E-state index contributed by atoms with van der Waals surface area (Å²) in [4.78, 5) is 26.4. The molecule has 4 heterocycles. The maximum atomic E-state index is 13.4. The van der Waals surface area contributed by atoms with Crippen LogP contribution in [0.25, 0.3) is 6.08 Å². The number of rotatable bonds is 5. The second-order valence-corrected chi connectivity index (χ2v) is 9.30. The highest BCUT2D eigenvalue weighted by Gasteiger charge is 2.38. The summed E-state index contributed by atoms with van der Waals surface area (Å²) in [6.45, 7) is 6.09. The molecular weight excluding hydrogens is 452 g/mol. The Labute approximate surface area is 210 Å². The van der Waals surface area contributed by atoms with E-state index in [1.165, 1.54) is 0 Å². The van der Waals surface area contributed by atoms with Gasteiger partial charge in [0.2, 0.25) is 11.9 Å². The molecule has 0 saturated carbocycles. The van der Waals surface area contributed by atoms with Gasteiger partial charge in [0, 0.05) is 48.8 Å². The minimum Gasteiger partial charge on any atom is -0.489 e. The third-order valence-corrected chi connectivity index (χ3v) is 6.91. The van der Waals surface area contributed by atoms with Crippen LogP contribution < -0.4 is 25.2 Å². The van der Waals surface area contributed by atoms with Crippen LogP contribution in [0, 0.1) is 0 Å². The number of aromatic nitrogens is 2. The van der Waals surface area contributed by atoms with E-state index in [9.17, 15) is 4.79 Å². The maximum Gasteiger partial charge on any atom is 0.250 e. The van der Waals surface area contributed by atoms with Gasteiger partial charge in [-0.3, -0.25) is 4.79 Å². The molecule has 3 aromatic rings. The number of nitrogens with zero attached hydrogens (tertiary/aromatic N) is 4. The van der Waals surface area contributed by atoms with Crippen molar-refractivity contribution in [1.82, 2.24) is 15.3 Å². The zero-order chi connectivity index (χ0) is 24.6. The molecule has 0 aliphatic carbocycles. The summed E-state index contributed by atoms with van der Waals surface area (Å²) in [6.07, 6.45) is 7.43. The molecular formula is C28H28N6O2. The minimum absolute atomic E-state index is 0.0114. The van der Waals surface area contributed by atoms with Gasteiger partial charge in [0.1, 0.15) is 23.7 Å². The first kappa shape index (κ1) is 22.3. The van der Waals surface area contributed by atoms with E-state index in [1.54, 1.807) is 11.1 Å². The highest BCUT2D eigenvalue weighted by atomic mass is 16.5. The van der Waals surface area contributed by atoms with Crippen LogP contribution in [0.1, 0.15) is 17.5 Å². The summed E-state index contributed by atoms with van der Waals surface area (Å²) in [5.41, 5.74) is 4.48. The Balaban J connectivity index is 1.26. The number of fused-ring (bicyclic) bond motifs is 2. The number of hydrogen-bond donors (Lipinski definition) is 2. The lowest BCUT2D eigenvalue weighted by atomic mass is 9.95. The molecule has 0 bridgehead atoms. The van der Waals surface area contributed by atoms with E-state index in [1.807, 2.05) is 66.6 Å². The van der Waals surface area contributed by atoms with Crippen LogP contribution >= 0.6 is 0 Å². The van der Waals surface area contributed by atoms with Crippen LogP contribution in [0.15, 0.2) is 73.1 Å². The van der Waals surface area contributed by atoms with Crippen molar-refractivity contribution in [1.29, 1.82) is 0 Å². The summed E-state index contributed by atoms with van der Waals surface area (Å²) in [6, 6.07) is 15.4. The molecule has 3 aliphatic rings. The van der Waals surface area contributed by atoms with Gasteiger partial charge in [0.15, 0.2) is 0 Å². The van der Waals surface area contributed by atoms with Crippen LogP contribution in [0.3, 0.4) is 0 Å². The normalized spacial score (nSPS) is 20.8. The molecule has 2 aromatic carbocycles. The largest absolute Gasteiger partial charge is 0.489 e. The van der Waals surface area contributed by atoms with Gasteiger partial charge < -0.3 is 25.2 Å². The zero-order valence-corrected chi connectivity index (χ0v) is 20.1. The number of nitrogens with one attached hydrogen (secondary N) is 2. The maximum absolute atomic E-state index is 13.4. The number of para-hydroxylation sites is 1. The summed E-state index contributed by atoms with van der Waals surface area (Å²) in [7, 11) is 1.82. The van der Waals surface area contributed by atoms with E-state index in [0.29, 0.717) is 18.2 Å². The van der Waals surface area contributed by atoms with E-state index in [4.69, 9.17) is 9.72 Å². The van der Waals surface area contributed by atoms with Gasteiger partial charge in [-0.25, -0.2) is 4.98 Å². The molecule has 1 amide bonds. The molecule has 2 N–H and O–H groups in total. The first-order valence-corrected chi connectivity index (χ1v) is 12.2. The molecule has 2 unspecified atom stereocenters. The molecule has 8 nitrogen and oxygen atoms in total. The summed E-state index contributed by atoms with van der Waals surface area (Å²) < 4.78 is 6.01. The number of hydrogen-bond acceptors (Lipinski definition) is 7. The molecule has 1 fully saturated rings. The SMILES string of the molecule is C=C1C=Cc2cnc(Nc3ccc(OC4CCNC4)cc3)nc2N1C1Cc2ccccc2N(C)C1=O. The van der Waals surface area contributed by atoms with Crippen molar-refractivity contribution in [3.8, 4) is 5.75 Å². The number of amides is 1. The number of likely N-dealkylation sites (N-methyl/N-ethyl adjacent to an activating group) is 1. The Kier molecular flexibility index (Phi) is 5.65. The lowest BCUT2D eigenvalue weighted by Crippen LogP contribution is -2.52. The van der Waals surface area contributed by atoms with Crippen LogP contribution in [0.4, 0.5) is 23.1 Å². The first-order chi connectivity index (χ1) is 17.6. The van der Waals surface area contributed by atoms with Crippen molar-refractivity contribution >= 4 is 35.1 Å². The average Bonchev–Trinajstić information content (AvgIpc) is 3.41. The molecule has 2 atom stereocenters. The minimum atomic E-state index is -0.439. The van der Waals surface area contributed by atoms with E-state index in [2.05, 4.69) is 28.3 Å². The fraction of sp³-hybridized carbons (Fsp3) is 0.250. The number of carbonyl (C=O) groups is 1. The first-order valence-electron chi connectivity index (χ1n) is 12.2. The average molecular weight is 481 g/mol. The molecule has 8 heteroatoms. The lowest BCUT2D eigenvalue weighted by molar-refractivity contribution is -0.119. The van der Waals surface area contributed by atoms with Crippen molar-refractivity contribution < 1.29 is 9.53 Å². The van der Waals surface area contributed by atoms with Crippen LogP contribution in [-0.4, -0.2) is 48.2 Å². The topological polar surface area (TPSA) is 82.6 Å². The molecule has 36 heavy (non-hydrogen) atoms. The van der Waals surface area contributed by atoms with E-state index < -0.39 is 6.04 Å². The van der Waals surface area contributed by atoms with Gasteiger partial charge >= 0.3 is 0 Å². The van der Waals surface area contributed by atoms with Crippen LogP contribution in [0.2, 0.25) is 0 Å². The van der Waals surface area contributed by atoms with Crippen molar-refractivity contribution in [2.45, 2.75) is 25.0 Å². The van der Waals surface area contributed by atoms with E-state index in [0.717, 1.165) is 53.5 Å². The number of anilines is 4. The highest BCUT2D eigenvalue weighted by Crippen LogP contribution is 2.36. The standard InChI is InChI=1S/C28H28N6O2/c1-18-7-8-20-16-30-28(31-21-9-11-22(12-10-21)36-23-13-14-29-17-23)32-26(20)34(18)25-15-19-5-3-4-6-24(19)33(2)27(25)35/h3-12,16,23,25,29H,1,13-15,17H2,2H3,(H,30,31,32).